The smallest absolute Gasteiger partial charge is 0.312 e. The zero-order chi connectivity index (χ0) is 21.0. The Morgan fingerprint density at radius 2 is 1.72 bits per heavy atom. The highest BCUT2D eigenvalue weighted by Crippen LogP contribution is 2.29. The monoisotopic (exact) mass is 394 g/mol. The Balaban J connectivity index is 1.75. The number of carboxylic acid groups (broad SMARTS) is 1. The van der Waals surface area contributed by atoms with E-state index in [-0.39, 0.29) is 30.7 Å². The molecule has 1 heterocycles. The molecule has 0 saturated heterocycles. The molecule has 0 bridgehead atoms. The Labute approximate surface area is 170 Å². The van der Waals surface area contributed by atoms with Gasteiger partial charge in [-0.25, -0.2) is 0 Å². The first kappa shape index (κ1) is 20.6. The van der Waals surface area contributed by atoms with Crippen LogP contribution in [0.25, 0.3) is 0 Å². The zero-order valence-electron chi connectivity index (χ0n) is 16.7. The van der Waals surface area contributed by atoms with Crippen molar-refractivity contribution in [3.63, 3.8) is 0 Å². The molecule has 1 aliphatic rings. The van der Waals surface area contributed by atoms with Gasteiger partial charge in [0.25, 0.3) is 0 Å². The Morgan fingerprint density at radius 3 is 2.38 bits per heavy atom. The molecule has 0 fully saturated rings. The number of carbonyl (C=O) groups excluding carboxylic acids is 2. The molecule has 2 atom stereocenters. The predicted molar refractivity (Wildman–Crippen MR) is 109 cm³/mol. The Morgan fingerprint density at radius 1 is 1.07 bits per heavy atom. The number of aliphatic carboxylic acids is 1. The van der Waals surface area contributed by atoms with E-state index in [1.54, 1.807) is 11.0 Å². The molecule has 0 radical (unpaired) electrons. The van der Waals surface area contributed by atoms with E-state index < -0.39 is 17.9 Å². The summed E-state index contributed by atoms with van der Waals surface area (Å²) in [6, 6.07) is 16.0. The quantitative estimate of drug-likeness (QED) is 0.788. The first-order valence-corrected chi connectivity index (χ1v) is 9.79. The van der Waals surface area contributed by atoms with Crippen LogP contribution >= 0.6 is 0 Å². The lowest BCUT2D eigenvalue weighted by Crippen LogP contribution is -2.53. The summed E-state index contributed by atoms with van der Waals surface area (Å²) >= 11 is 0. The molecule has 2 aromatic rings. The fraction of sp³-hybridized carbons (Fsp3) is 0.348. The fourth-order valence-electron chi connectivity index (χ4n) is 3.70. The normalized spacial score (nSPS) is 16.8. The average molecular weight is 394 g/mol. The van der Waals surface area contributed by atoms with Crippen LogP contribution < -0.4 is 5.32 Å². The topological polar surface area (TPSA) is 86.7 Å². The summed E-state index contributed by atoms with van der Waals surface area (Å²) in [6.45, 7) is 4.19. The molecule has 1 aliphatic heterocycles. The summed E-state index contributed by atoms with van der Waals surface area (Å²) in [6.07, 6.45) is 0.192. The van der Waals surface area contributed by atoms with Crippen molar-refractivity contribution in [2.75, 3.05) is 6.54 Å². The van der Waals surface area contributed by atoms with E-state index in [0.29, 0.717) is 6.54 Å². The van der Waals surface area contributed by atoms with Gasteiger partial charge in [0.2, 0.25) is 11.8 Å². The summed E-state index contributed by atoms with van der Waals surface area (Å²) in [4.78, 5) is 39.0. The van der Waals surface area contributed by atoms with Crippen LogP contribution in [0.1, 0.15) is 36.5 Å². The summed E-state index contributed by atoms with van der Waals surface area (Å²) in [5.74, 6) is -2.32. The highest BCUT2D eigenvalue weighted by molar-refractivity contribution is 5.89. The molecule has 6 heteroatoms. The molecule has 2 amide bonds. The van der Waals surface area contributed by atoms with Gasteiger partial charge in [-0.2, -0.15) is 0 Å². The Kier molecular flexibility index (Phi) is 6.32. The van der Waals surface area contributed by atoms with Crippen molar-refractivity contribution >= 4 is 17.8 Å². The maximum absolute atomic E-state index is 13.2. The zero-order valence-corrected chi connectivity index (χ0v) is 16.7. The fourth-order valence-corrected chi connectivity index (χ4v) is 3.70. The second-order valence-corrected chi connectivity index (χ2v) is 7.76. The van der Waals surface area contributed by atoms with Crippen LogP contribution in [0.2, 0.25) is 0 Å². The number of nitrogens with one attached hydrogen (secondary N) is 1. The van der Waals surface area contributed by atoms with Gasteiger partial charge in [0.15, 0.2) is 0 Å². The average Bonchev–Trinajstić information content (AvgIpc) is 2.71. The van der Waals surface area contributed by atoms with Crippen LogP contribution in [0, 0.1) is 5.92 Å². The van der Waals surface area contributed by atoms with Crippen LogP contribution in [0.5, 0.6) is 0 Å². The number of nitrogens with zero attached hydrogens (tertiary/aromatic N) is 1. The standard InChI is InChI=1S/C23H26N2O4/c1-15(2)21(24-20(26)12-16-8-4-3-5-9-16)22(27)25-13-17-10-6-7-11-18(17)19(14-25)23(28)29/h3-11,15,19,21H,12-14H2,1-2H3,(H,24,26)(H,28,29). The van der Waals surface area contributed by atoms with Crippen molar-refractivity contribution in [2.24, 2.45) is 5.92 Å². The molecule has 2 N–H and O–H groups in total. The third-order valence-electron chi connectivity index (χ3n) is 5.26. The molecule has 0 spiro atoms. The lowest BCUT2D eigenvalue weighted by molar-refractivity contribution is -0.143. The molecule has 152 valence electrons. The summed E-state index contributed by atoms with van der Waals surface area (Å²) in [5.41, 5.74) is 2.45. The highest BCUT2D eigenvalue weighted by Gasteiger charge is 2.36. The van der Waals surface area contributed by atoms with Crippen molar-refractivity contribution < 1.29 is 19.5 Å². The SMILES string of the molecule is CC(C)C(NC(=O)Cc1ccccc1)C(=O)N1Cc2ccccc2C(C(=O)O)C1. The number of hydrogen-bond acceptors (Lipinski definition) is 3. The first-order valence-electron chi connectivity index (χ1n) is 9.79. The minimum Gasteiger partial charge on any atom is -0.481 e. The van der Waals surface area contributed by atoms with Gasteiger partial charge in [-0.3, -0.25) is 14.4 Å². The number of rotatable bonds is 6. The van der Waals surface area contributed by atoms with Crippen LogP contribution in [-0.2, 0) is 27.3 Å². The van der Waals surface area contributed by atoms with Crippen LogP contribution in [0.15, 0.2) is 54.6 Å². The number of amides is 2. The maximum Gasteiger partial charge on any atom is 0.312 e. The molecular formula is C23H26N2O4. The van der Waals surface area contributed by atoms with Gasteiger partial charge in [0, 0.05) is 13.1 Å². The number of carbonyl (C=O) groups is 3. The minimum absolute atomic E-state index is 0.100. The van der Waals surface area contributed by atoms with E-state index in [1.165, 1.54) is 0 Å². The summed E-state index contributed by atoms with van der Waals surface area (Å²) < 4.78 is 0. The minimum atomic E-state index is -0.954. The van der Waals surface area contributed by atoms with Crippen molar-refractivity contribution in [2.45, 2.75) is 38.8 Å². The van der Waals surface area contributed by atoms with Gasteiger partial charge >= 0.3 is 5.97 Å². The van der Waals surface area contributed by atoms with Crippen molar-refractivity contribution in [1.82, 2.24) is 10.2 Å². The van der Waals surface area contributed by atoms with Crippen molar-refractivity contribution in [3.05, 3.63) is 71.3 Å². The molecule has 0 aliphatic carbocycles. The van der Waals surface area contributed by atoms with Gasteiger partial charge in [0.05, 0.1) is 12.3 Å². The number of hydrogen-bond donors (Lipinski definition) is 2. The molecule has 2 unspecified atom stereocenters. The summed E-state index contributed by atoms with van der Waals surface area (Å²) in [5, 5.41) is 12.5. The molecule has 3 rings (SSSR count). The van der Waals surface area contributed by atoms with E-state index in [9.17, 15) is 19.5 Å². The number of fused-ring (bicyclic) bond motifs is 1. The van der Waals surface area contributed by atoms with Gasteiger partial charge in [-0.05, 0) is 22.6 Å². The second-order valence-electron chi connectivity index (χ2n) is 7.76. The first-order chi connectivity index (χ1) is 13.9. The third-order valence-corrected chi connectivity index (χ3v) is 5.26. The number of benzene rings is 2. The van der Waals surface area contributed by atoms with E-state index in [1.807, 2.05) is 62.4 Å². The lowest BCUT2D eigenvalue weighted by Gasteiger charge is -2.36. The molecule has 0 saturated carbocycles. The Hall–Kier alpha value is -3.15. The van der Waals surface area contributed by atoms with Gasteiger partial charge in [-0.1, -0.05) is 68.4 Å². The van der Waals surface area contributed by atoms with E-state index >= 15 is 0 Å². The molecule has 6 nitrogen and oxygen atoms in total. The van der Waals surface area contributed by atoms with E-state index in [4.69, 9.17) is 0 Å². The van der Waals surface area contributed by atoms with Gasteiger partial charge in [-0.15, -0.1) is 0 Å². The molecule has 29 heavy (non-hydrogen) atoms. The van der Waals surface area contributed by atoms with E-state index in [2.05, 4.69) is 5.32 Å². The van der Waals surface area contributed by atoms with E-state index in [0.717, 1.165) is 16.7 Å². The molecular weight excluding hydrogens is 368 g/mol. The lowest BCUT2D eigenvalue weighted by atomic mass is 9.89. The van der Waals surface area contributed by atoms with Crippen LogP contribution in [0.3, 0.4) is 0 Å². The number of carboxylic acids is 1. The van der Waals surface area contributed by atoms with Crippen molar-refractivity contribution in [3.8, 4) is 0 Å². The maximum atomic E-state index is 13.2. The second kappa shape index (κ2) is 8.90. The Bertz CT molecular complexity index is 895. The van der Waals surface area contributed by atoms with Crippen LogP contribution in [-0.4, -0.2) is 40.4 Å². The highest BCUT2D eigenvalue weighted by atomic mass is 16.4. The van der Waals surface area contributed by atoms with Crippen molar-refractivity contribution in [1.29, 1.82) is 0 Å². The summed E-state index contributed by atoms with van der Waals surface area (Å²) in [7, 11) is 0. The third kappa shape index (κ3) is 4.83. The van der Waals surface area contributed by atoms with Gasteiger partial charge < -0.3 is 15.3 Å². The predicted octanol–water partition coefficient (Wildman–Crippen LogP) is 2.58. The largest absolute Gasteiger partial charge is 0.481 e. The van der Waals surface area contributed by atoms with Gasteiger partial charge in [0.1, 0.15) is 6.04 Å². The molecule has 0 aromatic heterocycles. The molecule has 2 aromatic carbocycles. The van der Waals surface area contributed by atoms with Crippen LogP contribution in [0.4, 0.5) is 0 Å².